The van der Waals surface area contributed by atoms with Gasteiger partial charge in [-0.3, -0.25) is 9.59 Å². The van der Waals surface area contributed by atoms with Crippen LogP contribution in [0.5, 0.6) is 0 Å². The molecule has 5 heteroatoms. The Hall–Kier alpha value is -1.72. The first kappa shape index (κ1) is 23.4. The molecule has 2 N–H and O–H groups in total. The minimum absolute atomic E-state index is 0.0429. The predicted molar refractivity (Wildman–Crippen MR) is 123 cm³/mol. The lowest BCUT2D eigenvalue weighted by Gasteiger charge is -2.50. The molecule has 0 radical (unpaired) electrons. The first-order valence-electron chi connectivity index (χ1n) is 12.2. The zero-order valence-corrected chi connectivity index (χ0v) is 19.8. The van der Waals surface area contributed by atoms with Crippen molar-refractivity contribution in [2.45, 2.75) is 90.4 Å². The summed E-state index contributed by atoms with van der Waals surface area (Å²) < 4.78 is 5.54. The molecule has 2 bridgehead atoms. The molecule has 0 aliphatic heterocycles. The molecular weight excluding hydrogens is 404 g/mol. The van der Waals surface area contributed by atoms with Crippen molar-refractivity contribution < 1.29 is 24.5 Å². The standard InChI is InChI=1S/C27H38O5/c1-5-6-25(32-16(2)28)27(4,31)24-10-9-22-21-15-23(30)18-13-17(7-8-19(29)14-18)20(21)11-12-26(22,24)3/h5-7,15,18-20,22,24-25,29,31H,8-14H2,1-4H3/b6-5+/t18-,19-,20+,22-,24-,25-,26-,27+/m0/s1. The fraction of sp³-hybridized carbons (Fsp3) is 0.704. The Balaban J connectivity index is 1.68. The molecule has 176 valence electrons. The Morgan fingerprint density at radius 1 is 1.34 bits per heavy atom. The van der Waals surface area contributed by atoms with E-state index in [1.165, 1.54) is 18.1 Å². The quantitative estimate of drug-likeness (QED) is 0.501. The topological polar surface area (TPSA) is 83.8 Å². The molecule has 0 amide bonds. The van der Waals surface area contributed by atoms with E-state index in [1.807, 2.05) is 19.1 Å². The van der Waals surface area contributed by atoms with Gasteiger partial charge in [0.2, 0.25) is 0 Å². The van der Waals surface area contributed by atoms with E-state index < -0.39 is 23.8 Å². The molecule has 0 heterocycles. The van der Waals surface area contributed by atoms with Crippen molar-refractivity contribution in [2.24, 2.45) is 29.1 Å². The average Bonchev–Trinajstić information content (AvgIpc) is 2.87. The highest BCUT2D eigenvalue weighted by Gasteiger charge is 2.59. The molecule has 4 rings (SSSR count). The fourth-order valence-electron chi connectivity index (χ4n) is 7.41. The minimum Gasteiger partial charge on any atom is -0.455 e. The van der Waals surface area contributed by atoms with Gasteiger partial charge in [0.25, 0.3) is 0 Å². The third kappa shape index (κ3) is 3.92. The highest BCUT2D eigenvalue weighted by Crippen LogP contribution is 2.63. The summed E-state index contributed by atoms with van der Waals surface area (Å²) in [5.74, 6) is 0.101. The number of rotatable bonds is 4. The molecule has 2 fully saturated rings. The number of ketones is 1. The molecule has 0 aromatic carbocycles. The SMILES string of the molecule is C/C=C/[C@H](OC(C)=O)[C@](C)(O)[C@H]1CC[C@H]2C3=CC(=O)[C@H]4CC(=CC[C@H](O)C4)[C@H]3CC[C@]12C. The van der Waals surface area contributed by atoms with Gasteiger partial charge in [-0.25, -0.2) is 0 Å². The minimum atomic E-state index is -1.19. The smallest absolute Gasteiger partial charge is 0.303 e. The number of aliphatic hydroxyl groups is 2. The second kappa shape index (κ2) is 8.57. The van der Waals surface area contributed by atoms with Crippen LogP contribution in [0.2, 0.25) is 0 Å². The van der Waals surface area contributed by atoms with Crippen LogP contribution in [-0.4, -0.2) is 39.8 Å². The zero-order chi connectivity index (χ0) is 23.3. The average molecular weight is 443 g/mol. The zero-order valence-electron chi connectivity index (χ0n) is 19.8. The van der Waals surface area contributed by atoms with Crippen LogP contribution in [0.15, 0.2) is 35.5 Å². The van der Waals surface area contributed by atoms with Crippen molar-refractivity contribution in [1.29, 1.82) is 0 Å². The first-order valence-corrected chi connectivity index (χ1v) is 12.2. The summed E-state index contributed by atoms with van der Waals surface area (Å²) in [5, 5.41) is 22.0. The van der Waals surface area contributed by atoms with Crippen molar-refractivity contribution in [3.63, 3.8) is 0 Å². The van der Waals surface area contributed by atoms with E-state index in [-0.39, 0.29) is 34.9 Å². The molecule has 32 heavy (non-hydrogen) atoms. The Kier molecular flexibility index (Phi) is 6.28. The number of hydrogen-bond acceptors (Lipinski definition) is 5. The Bertz CT molecular complexity index is 865. The molecule has 2 saturated carbocycles. The Morgan fingerprint density at radius 3 is 2.78 bits per heavy atom. The summed E-state index contributed by atoms with van der Waals surface area (Å²) in [4.78, 5) is 24.9. The van der Waals surface area contributed by atoms with E-state index >= 15 is 0 Å². The molecule has 8 atom stereocenters. The predicted octanol–water partition coefficient (Wildman–Crippen LogP) is 4.28. The van der Waals surface area contributed by atoms with E-state index in [0.717, 1.165) is 32.1 Å². The number of carbonyl (C=O) groups is 2. The van der Waals surface area contributed by atoms with E-state index in [2.05, 4.69) is 13.0 Å². The molecule has 5 nitrogen and oxygen atoms in total. The summed E-state index contributed by atoms with van der Waals surface area (Å²) in [7, 11) is 0. The second-order valence-corrected chi connectivity index (χ2v) is 10.9. The van der Waals surface area contributed by atoms with Gasteiger partial charge in [-0.05, 0) is 88.2 Å². The van der Waals surface area contributed by atoms with Gasteiger partial charge in [0.1, 0.15) is 11.7 Å². The molecular formula is C27H38O5. The summed E-state index contributed by atoms with van der Waals surface area (Å²) in [6.45, 7) is 7.31. The van der Waals surface area contributed by atoms with Gasteiger partial charge in [-0.15, -0.1) is 0 Å². The van der Waals surface area contributed by atoms with E-state index in [9.17, 15) is 19.8 Å². The third-order valence-corrected chi connectivity index (χ3v) is 8.90. The molecule has 4 aliphatic rings. The highest BCUT2D eigenvalue weighted by molar-refractivity contribution is 5.93. The normalized spacial score (nSPS) is 39.7. The molecule has 0 aromatic heterocycles. The van der Waals surface area contributed by atoms with Crippen molar-refractivity contribution in [3.8, 4) is 0 Å². The van der Waals surface area contributed by atoms with Crippen molar-refractivity contribution >= 4 is 11.8 Å². The van der Waals surface area contributed by atoms with E-state index in [1.54, 1.807) is 13.0 Å². The van der Waals surface area contributed by atoms with Crippen LogP contribution in [0, 0.1) is 29.1 Å². The maximum atomic E-state index is 13.1. The molecule has 0 spiro atoms. The lowest BCUT2D eigenvalue weighted by molar-refractivity contribution is -0.168. The molecule has 0 aromatic rings. The maximum absolute atomic E-state index is 13.1. The number of esters is 1. The van der Waals surface area contributed by atoms with Gasteiger partial charge in [-0.2, -0.15) is 0 Å². The van der Waals surface area contributed by atoms with Crippen molar-refractivity contribution in [2.75, 3.05) is 0 Å². The first-order chi connectivity index (χ1) is 15.1. The Labute approximate surface area is 191 Å². The van der Waals surface area contributed by atoms with Gasteiger partial charge in [-0.1, -0.05) is 30.2 Å². The van der Waals surface area contributed by atoms with E-state index in [4.69, 9.17) is 4.74 Å². The summed E-state index contributed by atoms with van der Waals surface area (Å²) in [5.41, 5.74) is 1.20. The third-order valence-electron chi connectivity index (χ3n) is 8.90. The van der Waals surface area contributed by atoms with Crippen molar-refractivity contribution in [1.82, 2.24) is 0 Å². The number of carbonyl (C=O) groups excluding carboxylic acids is 2. The largest absolute Gasteiger partial charge is 0.455 e. The Morgan fingerprint density at radius 2 is 2.09 bits per heavy atom. The summed E-state index contributed by atoms with van der Waals surface area (Å²) in [6, 6.07) is 0. The summed E-state index contributed by atoms with van der Waals surface area (Å²) in [6.07, 6.45) is 12.2. The van der Waals surface area contributed by atoms with Crippen LogP contribution in [0.1, 0.15) is 72.6 Å². The summed E-state index contributed by atoms with van der Waals surface area (Å²) >= 11 is 0. The van der Waals surface area contributed by atoms with Gasteiger partial charge < -0.3 is 14.9 Å². The molecule has 4 aliphatic carbocycles. The van der Waals surface area contributed by atoms with E-state index in [0.29, 0.717) is 12.8 Å². The lowest BCUT2D eigenvalue weighted by Crippen LogP contribution is -2.53. The lowest BCUT2D eigenvalue weighted by atomic mass is 9.56. The van der Waals surface area contributed by atoms with Crippen LogP contribution < -0.4 is 0 Å². The van der Waals surface area contributed by atoms with Crippen LogP contribution in [-0.2, 0) is 14.3 Å². The monoisotopic (exact) mass is 442 g/mol. The highest BCUT2D eigenvalue weighted by atomic mass is 16.6. The van der Waals surface area contributed by atoms with Crippen LogP contribution in [0.4, 0.5) is 0 Å². The number of ether oxygens (including phenoxy) is 1. The van der Waals surface area contributed by atoms with Crippen LogP contribution in [0.3, 0.4) is 0 Å². The number of hydrogen-bond donors (Lipinski definition) is 2. The van der Waals surface area contributed by atoms with Crippen molar-refractivity contribution in [3.05, 3.63) is 35.5 Å². The van der Waals surface area contributed by atoms with Gasteiger partial charge >= 0.3 is 5.97 Å². The molecule has 0 unspecified atom stereocenters. The van der Waals surface area contributed by atoms with Gasteiger partial charge in [0.05, 0.1) is 6.10 Å². The number of fused-ring (bicyclic) bond motifs is 6. The van der Waals surface area contributed by atoms with Gasteiger partial charge in [0, 0.05) is 18.8 Å². The number of aliphatic hydroxyl groups excluding tert-OH is 1. The second-order valence-electron chi connectivity index (χ2n) is 10.9. The maximum Gasteiger partial charge on any atom is 0.303 e. The number of allylic oxidation sites excluding steroid dienone is 4. The molecule has 0 saturated heterocycles. The van der Waals surface area contributed by atoms with Crippen LogP contribution in [0.25, 0.3) is 0 Å². The van der Waals surface area contributed by atoms with Gasteiger partial charge in [0.15, 0.2) is 5.78 Å². The fourth-order valence-corrected chi connectivity index (χ4v) is 7.41. The van der Waals surface area contributed by atoms with Crippen LogP contribution >= 0.6 is 0 Å².